The lowest BCUT2D eigenvalue weighted by atomic mass is 10.0. The van der Waals surface area contributed by atoms with Crippen molar-refractivity contribution in [3.8, 4) is 11.5 Å². The second-order valence-corrected chi connectivity index (χ2v) is 5.23. The second kappa shape index (κ2) is 6.64. The van der Waals surface area contributed by atoms with Gasteiger partial charge in [-0.1, -0.05) is 30.3 Å². The first kappa shape index (κ1) is 14.0. The molecule has 1 unspecified atom stereocenters. The molecular formula is C18H20O3. The summed E-state index contributed by atoms with van der Waals surface area (Å²) < 4.78 is 16.3. The van der Waals surface area contributed by atoms with Gasteiger partial charge in [-0.2, -0.15) is 0 Å². The fraction of sp³-hybridized carbons (Fsp3) is 0.333. The molecule has 0 N–H and O–H groups in total. The van der Waals surface area contributed by atoms with Crippen molar-refractivity contribution in [2.24, 2.45) is 0 Å². The molecule has 3 nitrogen and oxygen atoms in total. The van der Waals surface area contributed by atoms with Crippen molar-refractivity contribution in [1.29, 1.82) is 0 Å². The molecule has 2 aromatic carbocycles. The van der Waals surface area contributed by atoms with Crippen LogP contribution in [0.3, 0.4) is 0 Å². The Morgan fingerprint density at radius 1 is 1.10 bits per heavy atom. The van der Waals surface area contributed by atoms with Crippen LogP contribution in [0.2, 0.25) is 0 Å². The van der Waals surface area contributed by atoms with E-state index in [0.29, 0.717) is 6.61 Å². The third-order valence-electron chi connectivity index (χ3n) is 3.62. The van der Waals surface area contributed by atoms with E-state index in [4.69, 9.17) is 14.2 Å². The fourth-order valence-corrected chi connectivity index (χ4v) is 2.31. The zero-order valence-electron chi connectivity index (χ0n) is 12.2. The van der Waals surface area contributed by atoms with Gasteiger partial charge in [-0.15, -0.1) is 0 Å². The van der Waals surface area contributed by atoms with Crippen LogP contribution < -0.4 is 9.47 Å². The normalized spacial score (nSPS) is 16.5. The van der Waals surface area contributed by atoms with E-state index < -0.39 is 0 Å². The Hall–Kier alpha value is -2.00. The van der Waals surface area contributed by atoms with Gasteiger partial charge in [0.05, 0.1) is 13.7 Å². The number of hydrogen-bond acceptors (Lipinski definition) is 3. The van der Waals surface area contributed by atoms with E-state index in [1.165, 1.54) is 11.1 Å². The summed E-state index contributed by atoms with van der Waals surface area (Å²) in [5.41, 5.74) is 2.51. The number of aryl methyl sites for hydroxylation is 2. The highest BCUT2D eigenvalue weighted by Gasteiger charge is 2.23. The molecule has 1 heterocycles. The summed E-state index contributed by atoms with van der Waals surface area (Å²) in [7, 11) is 1.70. The monoisotopic (exact) mass is 284 g/mol. The molecule has 1 fully saturated rings. The predicted octanol–water partition coefficient (Wildman–Crippen LogP) is 3.26. The molecule has 1 saturated heterocycles. The molecule has 3 rings (SSSR count). The molecule has 0 aromatic heterocycles. The Balaban J connectivity index is 1.63. The van der Waals surface area contributed by atoms with Crippen LogP contribution in [0.25, 0.3) is 0 Å². The molecule has 110 valence electrons. The molecule has 21 heavy (non-hydrogen) atoms. The Morgan fingerprint density at radius 2 is 1.95 bits per heavy atom. The lowest BCUT2D eigenvalue weighted by Gasteiger charge is -2.11. The van der Waals surface area contributed by atoms with Crippen molar-refractivity contribution in [3.63, 3.8) is 0 Å². The highest BCUT2D eigenvalue weighted by atomic mass is 16.6. The van der Waals surface area contributed by atoms with Crippen molar-refractivity contribution in [1.82, 2.24) is 0 Å². The Bertz CT molecular complexity index is 591. The summed E-state index contributed by atoms with van der Waals surface area (Å²) in [6.45, 7) is 1.47. The number of ether oxygens (including phenoxy) is 3. The van der Waals surface area contributed by atoms with Gasteiger partial charge in [0.1, 0.15) is 24.2 Å². The first-order chi connectivity index (χ1) is 10.3. The SMILES string of the molecule is COc1cccc(CCc2ccccc2OCC2CO2)c1. The van der Waals surface area contributed by atoms with E-state index in [-0.39, 0.29) is 6.10 Å². The molecule has 1 aliphatic rings. The zero-order valence-corrected chi connectivity index (χ0v) is 12.2. The van der Waals surface area contributed by atoms with Gasteiger partial charge in [-0.3, -0.25) is 0 Å². The smallest absolute Gasteiger partial charge is 0.122 e. The van der Waals surface area contributed by atoms with Crippen molar-refractivity contribution in [2.75, 3.05) is 20.3 Å². The van der Waals surface area contributed by atoms with Crippen LogP contribution in [-0.4, -0.2) is 26.4 Å². The van der Waals surface area contributed by atoms with Crippen LogP contribution in [0.5, 0.6) is 11.5 Å². The lowest BCUT2D eigenvalue weighted by molar-refractivity contribution is 0.261. The molecule has 3 heteroatoms. The molecule has 2 aromatic rings. The summed E-state index contributed by atoms with van der Waals surface area (Å²) in [6.07, 6.45) is 2.21. The molecule has 0 radical (unpaired) electrons. The van der Waals surface area contributed by atoms with Crippen LogP contribution in [-0.2, 0) is 17.6 Å². The van der Waals surface area contributed by atoms with E-state index >= 15 is 0 Å². The number of hydrogen-bond donors (Lipinski definition) is 0. The highest BCUT2D eigenvalue weighted by Crippen LogP contribution is 2.22. The van der Waals surface area contributed by atoms with Crippen LogP contribution >= 0.6 is 0 Å². The quantitative estimate of drug-likeness (QED) is 0.731. The van der Waals surface area contributed by atoms with Gasteiger partial charge >= 0.3 is 0 Å². The lowest BCUT2D eigenvalue weighted by Crippen LogP contribution is -2.06. The van der Waals surface area contributed by atoms with Crippen molar-refractivity contribution < 1.29 is 14.2 Å². The summed E-state index contributed by atoms with van der Waals surface area (Å²) in [6, 6.07) is 16.4. The topological polar surface area (TPSA) is 31.0 Å². The molecule has 0 aliphatic carbocycles. The van der Waals surface area contributed by atoms with E-state index in [2.05, 4.69) is 24.3 Å². The van der Waals surface area contributed by atoms with E-state index in [9.17, 15) is 0 Å². The molecule has 0 spiro atoms. The minimum Gasteiger partial charge on any atom is -0.497 e. The van der Waals surface area contributed by atoms with Gasteiger partial charge in [0, 0.05) is 0 Å². The zero-order chi connectivity index (χ0) is 14.5. The number of methoxy groups -OCH3 is 1. The second-order valence-electron chi connectivity index (χ2n) is 5.23. The molecule has 1 aliphatic heterocycles. The number of rotatable bonds is 7. The first-order valence-corrected chi connectivity index (χ1v) is 7.30. The summed E-state index contributed by atoms with van der Waals surface area (Å²) in [4.78, 5) is 0. The standard InChI is InChI=1S/C18H20O3/c1-19-16-7-4-5-14(11-16)9-10-15-6-2-3-8-18(15)21-13-17-12-20-17/h2-8,11,17H,9-10,12-13H2,1H3. The first-order valence-electron chi connectivity index (χ1n) is 7.30. The van der Waals surface area contributed by atoms with Crippen molar-refractivity contribution in [2.45, 2.75) is 18.9 Å². The van der Waals surface area contributed by atoms with Crippen LogP contribution in [0, 0.1) is 0 Å². The molecular weight excluding hydrogens is 264 g/mol. The largest absolute Gasteiger partial charge is 0.497 e. The van der Waals surface area contributed by atoms with E-state index in [0.717, 1.165) is 30.9 Å². The molecule has 1 atom stereocenters. The summed E-state index contributed by atoms with van der Waals surface area (Å²) in [5, 5.41) is 0. The molecule has 0 saturated carbocycles. The van der Waals surface area contributed by atoms with Gasteiger partial charge < -0.3 is 14.2 Å². The highest BCUT2D eigenvalue weighted by molar-refractivity contribution is 5.35. The maximum absolute atomic E-state index is 5.84. The van der Waals surface area contributed by atoms with Gasteiger partial charge in [-0.25, -0.2) is 0 Å². The maximum Gasteiger partial charge on any atom is 0.122 e. The third kappa shape index (κ3) is 3.99. The van der Waals surface area contributed by atoms with Gasteiger partial charge in [0.15, 0.2) is 0 Å². The summed E-state index contributed by atoms with van der Waals surface area (Å²) >= 11 is 0. The Kier molecular flexibility index (Phi) is 4.41. The van der Waals surface area contributed by atoms with Crippen LogP contribution in [0.4, 0.5) is 0 Å². The van der Waals surface area contributed by atoms with Crippen molar-refractivity contribution >= 4 is 0 Å². The Morgan fingerprint density at radius 3 is 2.76 bits per heavy atom. The van der Waals surface area contributed by atoms with Gasteiger partial charge in [0.2, 0.25) is 0 Å². The number of para-hydroxylation sites is 1. The van der Waals surface area contributed by atoms with Crippen molar-refractivity contribution in [3.05, 3.63) is 59.7 Å². The average molecular weight is 284 g/mol. The van der Waals surface area contributed by atoms with Crippen LogP contribution in [0.1, 0.15) is 11.1 Å². The van der Waals surface area contributed by atoms with Gasteiger partial charge in [-0.05, 0) is 42.2 Å². The van der Waals surface area contributed by atoms with E-state index in [1.807, 2.05) is 24.3 Å². The Labute approximate surface area is 125 Å². The van der Waals surface area contributed by atoms with Gasteiger partial charge in [0.25, 0.3) is 0 Å². The summed E-state index contributed by atoms with van der Waals surface area (Å²) in [5.74, 6) is 1.87. The molecule has 0 amide bonds. The minimum absolute atomic E-state index is 0.288. The average Bonchev–Trinajstić information content (AvgIpc) is 3.36. The predicted molar refractivity (Wildman–Crippen MR) is 82.1 cm³/mol. The van der Waals surface area contributed by atoms with Crippen LogP contribution in [0.15, 0.2) is 48.5 Å². The third-order valence-corrected chi connectivity index (χ3v) is 3.62. The number of benzene rings is 2. The van der Waals surface area contributed by atoms with E-state index in [1.54, 1.807) is 7.11 Å². The fourth-order valence-electron chi connectivity index (χ4n) is 2.31. The number of epoxide rings is 1. The molecule has 0 bridgehead atoms. The maximum atomic E-state index is 5.84. The minimum atomic E-state index is 0.288.